The number of aliphatic carboxylic acids is 1. The maximum Gasteiger partial charge on any atom is 0.305 e. The summed E-state index contributed by atoms with van der Waals surface area (Å²) in [5.41, 5.74) is 1.11. The van der Waals surface area contributed by atoms with Crippen LogP contribution in [-0.2, 0) is 9.59 Å². The first-order chi connectivity index (χ1) is 11.5. The molecule has 2 amide bonds. The zero-order valence-electron chi connectivity index (χ0n) is 13.0. The van der Waals surface area contributed by atoms with Gasteiger partial charge in [-0.25, -0.2) is 0 Å². The van der Waals surface area contributed by atoms with Crippen molar-refractivity contribution in [1.82, 2.24) is 16.0 Å². The molecule has 24 heavy (non-hydrogen) atoms. The Hall–Kier alpha value is -3.10. The van der Waals surface area contributed by atoms with E-state index in [4.69, 9.17) is 5.11 Å². The summed E-state index contributed by atoms with van der Waals surface area (Å²) < 4.78 is 0. The topological polar surface area (TPSA) is 132 Å². The van der Waals surface area contributed by atoms with Gasteiger partial charge in [-0.3, -0.25) is 19.4 Å². The van der Waals surface area contributed by atoms with Gasteiger partial charge < -0.3 is 26.4 Å². The van der Waals surface area contributed by atoms with E-state index in [-0.39, 0.29) is 19.5 Å². The highest BCUT2D eigenvalue weighted by molar-refractivity contribution is 5.99. The van der Waals surface area contributed by atoms with Crippen LogP contribution in [0.4, 0.5) is 5.69 Å². The van der Waals surface area contributed by atoms with E-state index < -0.39 is 17.8 Å². The van der Waals surface area contributed by atoms with Gasteiger partial charge in [0.05, 0.1) is 19.5 Å². The number of nitrogens with zero attached hydrogens (tertiary/aromatic N) is 1. The first-order valence-corrected chi connectivity index (χ1v) is 7.46. The van der Waals surface area contributed by atoms with Gasteiger partial charge in [-0.2, -0.15) is 0 Å². The van der Waals surface area contributed by atoms with Crippen molar-refractivity contribution < 1.29 is 19.5 Å². The van der Waals surface area contributed by atoms with E-state index in [1.165, 1.54) is 0 Å². The smallest absolute Gasteiger partial charge is 0.305 e. The molecule has 9 heteroatoms. The number of anilines is 1. The minimum absolute atomic E-state index is 0.0263. The Morgan fingerprint density at radius 3 is 2.79 bits per heavy atom. The van der Waals surface area contributed by atoms with Crippen molar-refractivity contribution >= 4 is 29.4 Å². The fraction of sp³-hybridized carbons (Fsp3) is 0.333. The summed E-state index contributed by atoms with van der Waals surface area (Å²) in [5, 5.41) is 19.5. The summed E-state index contributed by atoms with van der Waals surface area (Å²) in [7, 11) is 0. The Balaban J connectivity index is 1.81. The van der Waals surface area contributed by atoms with Gasteiger partial charge in [-0.05, 0) is 18.2 Å². The molecule has 0 spiro atoms. The monoisotopic (exact) mass is 333 g/mol. The van der Waals surface area contributed by atoms with Crippen LogP contribution in [0.2, 0.25) is 0 Å². The quantitative estimate of drug-likeness (QED) is 0.452. The largest absolute Gasteiger partial charge is 0.481 e. The second-order valence-corrected chi connectivity index (χ2v) is 5.04. The van der Waals surface area contributed by atoms with Crippen LogP contribution in [0.15, 0.2) is 29.3 Å². The fourth-order valence-corrected chi connectivity index (χ4v) is 1.99. The van der Waals surface area contributed by atoms with E-state index in [1.807, 2.05) is 0 Å². The van der Waals surface area contributed by atoms with Crippen molar-refractivity contribution in [3.8, 4) is 0 Å². The van der Waals surface area contributed by atoms with Crippen molar-refractivity contribution in [3.05, 3.63) is 29.8 Å². The van der Waals surface area contributed by atoms with Crippen LogP contribution in [-0.4, -0.2) is 55.0 Å². The fourth-order valence-electron chi connectivity index (χ4n) is 1.99. The van der Waals surface area contributed by atoms with E-state index in [0.717, 1.165) is 6.54 Å². The normalized spacial score (nSPS) is 12.8. The number of amides is 2. The van der Waals surface area contributed by atoms with Gasteiger partial charge in [0.1, 0.15) is 0 Å². The molecule has 1 heterocycles. The Morgan fingerprint density at radius 2 is 2.08 bits per heavy atom. The number of rotatable bonds is 7. The molecule has 1 aromatic carbocycles. The zero-order chi connectivity index (χ0) is 17.4. The van der Waals surface area contributed by atoms with Crippen molar-refractivity contribution in [1.29, 1.82) is 0 Å². The molecule has 1 aliphatic heterocycles. The van der Waals surface area contributed by atoms with E-state index >= 15 is 0 Å². The summed E-state index contributed by atoms with van der Waals surface area (Å²) in [4.78, 5) is 38.1. The maximum absolute atomic E-state index is 12.1. The molecule has 0 aliphatic carbocycles. The van der Waals surface area contributed by atoms with Crippen molar-refractivity contribution in [2.75, 3.05) is 31.5 Å². The Labute approximate surface area is 138 Å². The van der Waals surface area contributed by atoms with Gasteiger partial charge in [0.2, 0.25) is 5.91 Å². The predicted octanol–water partition coefficient (Wildman–Crippen LogP) is -0.622. The summed E-state index contributed by atoms with van der Waals surface area (Å²) >= 11 is 0. The number of nitrogens with one attached hydrogen (secondary N) is 4. The van der Waals surface area contributed by atoms with E-state index in [0.29, 0.717) is 23.8 Å². The number of carboxylic acid groups (broad SMARTS) is 1. The van der Waals surface area contributed by atoms with Crippen LogP contribution < -0.4 is 21.3 Å². The lowest BCUT2D eigenvalue weighted by Gasteiger charge is -2.09. The molecule has 2 rings (SSSR count). The molecular formula is C15H19N5O4. The first kappa shape index (κ1) is 17.3. The number of benzene rings is 1. The maximum atomic E-state index is 12.1. The molecule has 0 bridgehead atoms. The SMILES string of the molecule is O=C(O)CCNC(=O)CNC(=O)c1cccc(NC2=NCCN2)c1. The lowest BCUT2D eigenvalue weighted by molar-refractivity contribution is -0.136. The van der Waals surface area contributed by atoms with Crippen LogP contribution >= 0.6 is 0 Å². The van der Waals surface area contributed by atoms with Gasteiger partial charge in [-0.1, -0.05) is 6.07 Å². The number of carbonyl (C=O) groups is 3. The third kappa shape index (κ3) is 5.59. The lowest BCUT2D eigenvalue weighted by atomic mass is 10.2. The van der Waals surface area contributed by atoms with Crippen molar-refractivity contribution in [3.63, 3.8) is 0 Å². The molecule has 9 nitrogen and oxygen atoms in total. The van der Waals surface area contributed by atoms with E-state index in [2.05, 4.69) is 26.3 Å². The van der Waals surface area contributed by atoms with Gasteiger partial charge in [0.25, 0.3) is 5.91 Å². The van der Waals surface area contributed by atoms with E-state index in [1.54, 1.807) is 24.3 Å². The highest BCUT2D eigenvalue weighted by Crippen LogP contribution is 2.11. The molecule has 5 N–H and O–H groups in total. The Morgan fingerprint density at radius 1 is 1.25 bits per heavy atom. The second-order valence-electron chi connectivity index (χ2n) is 5.04. The predicted molar refractivity (Wildman–Crippen MR) is 88.0 cm³/mol. The van der Waals surface area contributed by atoms with Crippen LogP contribution in [0.3, 0.4) is 0 Å². The summed E-state index contributed by atoms with van der Waals surface area (Å²) in [5.74, 6) is -1.17. The molecule has 128 valence electrons. The molecule has 0 saturated heterocycles. The molecule has 0 atom stereocenters. The molecular weight excluding hydrogens is 314 g/mol. The molecule has 1 aromatic rings. The molecule has 0 saturated carbocycles. The lowest BCUT2D eigenvalue weighted by Crippen LogP contribution is -2.37. The number of carbonyl (C=O) groups excluding carboxylic acids is 2. The molecule has 0 fully saturated rings. The van der Waals surface area contributed by atoms with Gasteiger partial charge in [0.15, 0.2) is 5.96 Å². The average molecular weight is 333 g/mol. The standard InChI is InChI=1S/C15H19N5O4/c21-12(16-5-4-13(22)23)9-19-14(24)10-2-1-3-11(8-10)20-15-17-6-7-18-15/h1-3,8H,4-7,9H2,(H,16,21)(H,19,24)(H,22,23)(H2,17,18,20). The van der Waals surface area contributed by atoms with Crippen LogP contribution in [0.5, 0.6) is 0 Å². The van der Waals surface area contributed by atoms with Crippen LogP contribution in [0.1, 0.15) is 16.8 Å². The average Bonchev–Trinajstić information content (AvgIpc) is 3.05. The molecule has 1 aliphatic rings. The minimum Gasteiger partial charge on any atom is -0.481 e. The molecule has 0 aromatic heterocycles. The third-order valence-electron chi connectivity index (χ3n) is 3.13. The van der Waals surface area contributed by atoms with Crippen molar-refractivity contribution in [2.45, 2.75) is 6.42 Å². The minimum atomic E-state index is -0.995. The summed E-state index contributed by atoms with van der Waals surface area (Å²) in [6.45, 7) is 1.29. The molecule has 0 unspecified atom stereocenters. The Kier molecular flexibility index (Phi) is 6.12. The second kappa shape index (κ2) is 8.51. The molecule has 0 radical (unpaired) electrons. The number of hydrogen-bond acceptors (Lipinski definition) is 6. The highest BCUT2D eigenvalue weighted by Gasteiger charge is 2.10. The van der Waals surface area contributed by atoms with E-state index in [9.17, 15) is 14.4 Å². The van der Waals surface area contributed by atoms with Crippen LogP contribution in [0.25, 0.3) is 0 Å². The third-order valence-corrected chi connectivity index (χ3v) is 3.13. The number of aliphatic imine (C=N–C) groups is 1. The Bertz CT molecular complexity index is 659. The zero-order valence-corrected chi connectivity index (χ0v) is 13.0. The van der Waals surface area contributed by atoms with Crippen LogP contribution in [0, 0.1) is 0 Å². The summed E-state index contributed by atoms with van der Waals surface area (Å²) in [6, 6.07) is 6.81. The van der Waals surface area contributed by atoms with Crippen molar-refractivity contribution in [2.24, 2.45) is 4.99 Å². The summed E-state index contributed by atoms with van der Waals surface area (Å²) in [6.07, 6.45) is -0.161. The highest BCUT2D eigenvalue weighted by atomic mass is 16.4. The van der Waals surface area contributed by atoms with Gasteiger partial charge in [0, 0.05) is 24.3 Å². The van der Waals surface area contributed by atoms with Gasteiger partial charge >= 0.3 is 5.97 Å². The number of carboxylic acids is 1. The first-order valence-electron chi connectivity index (χ1n) is 7.46. The van der Waals surface area contributed by atoms with Gasteiger partial charge in [-0.15, -0.1) is 0 Å². The number of hydrogen-bond donors (Lipinski definition) is 5. The number of guanidine groups is 1.